The number of anilines is 1. The van der Waals surface area contributed by atoms with Crippen LogP contribution < -0.4 is 5.32 Å². The van der Waals surface area contributed by atoms with Gasteiger partial charge in [-0.1, -0.05) is 5.04 Å². The Morgan fingerprint density at radius 3 is 2.52 bits per heavy atom. The maximum absolute atomic E-state index is 11.4. The van der Waals surface area contributed by atoms with E-state index < -0.39 is 20.9 Å². The molecule has 23 heavy (non-hydrogen) atoms. The minimum absolute atomic E-state index is 0.0102. The van der Waals surface area contributed by atoms with E-state index in [1.54, 1.807) is 0 Å². The average molecular weight is 361 g/mol. The fraction of sp³-hybridized carbons (Fsp3) is 0.0833. The molecule has 0 atom stereocenters. The van der Waals surface area contributed by atoms with Crippen molar-refractivity contribution in [2.45, 2.75) is 16.7 Å². The Hall–Kier alpha value is -1.89. The van der Waals surface area contributed by atoms with Crippen LogP contribution in [0.15, 0.2) is 34.1 Å². The van der Waals surface area contributed by atoms with Crippen molar-refractivity contribution in [2.75, 3.05) is 5.32 Å². The highest BCUT2D eigenvalue weighted by molar-refractivity contribution is 7.94. The predicted octanol–water partition coefficient (Wildman–Crippen LogP) is 2.18. The first-order valence-corrected chi connectivity index (χ1v) is 8.11. The van der Waals surface area contributed by atoms with Crippen LogP contribution in [-0.4, -0.2) is 29.2 Å². The number of phenolic OH excluding ortho intramolecular Hbond substituents is 1. The van der Waals surface area contributed by atoms with Crippen LogP contribution in [0.1, 0.15) is 6.92 Å². The second kappa shape index (κ2) is 6.70. The lowest BCUT2D eigenvalue weighted by Crippen LogP contribution is -2.08. The number of benzene rings is 2. The van der Waals surface area contributed by atoms with Crippen molar-refractivity contribution in [1.82, 2.24) is 0 Å². The van der Waals surface area contributed by atoms with E-state index in [0.29, 0.717) is 12.0 Å². The molecule has 2 aromatic carbocycles. The number of nitrogens with one attached hydrogen (secondary N) is 1. The van der Waals surface area contributed by atoms with Crippen LogP contribution in [0.2, 0.25) is 0 Å². The van der Waals surface area contributed by atoms with Crippen LogP contribution in [0.3, 0.4) is 0 Å². The summed E-state index contributed by atoms with van der Waals surface area (Å²) in [6.07, 6.45) is 0. The lowest BCUT2D eigenvalue weighted by Gasteiger charge is -2.12. The largest absolute Gasteiger partial charge is 0.507 e. The summed E-state index contributed by atoms with van der Waals surface area (Å²) in [4.78, 5) is 11.1. The Bertz CT molecular complexity index is 865. The summed E-state index contributed by atoms with van der Waals surface area (Å²) in [7, 11) is -4.53. The minimum Gasteiger partial charge on any atom is -0.507 e. The summed E-state index contributed by atoms with van der Waals surface area (Å²) in [6, 6.07) is 4.79. The summed E-state index contributed by atoms with van der Waals surface area (Å²) in [5.74, 6) is -0.772. The highest BCUT2D eigenvalue weighted by atomic mass is 32.2. The fourth-order valence-electron chi connectivity index (χ4n) is 1.98. The van der Waals surface area contributed by atoms with Crippen LogP contribution in [0, 0.1) is 0 Å². The molecule has 0 fully saturated rings. The number of fused-ring (bicyclic) bond motifs is 1. The van der Waals surface area contributed by atoms with Crippen LogP contribution >= 0.6 is 12.0 Å². The molecule has 0 unspecified atom stereocenters. The molecule has 124 valence electrons. The zero-order valence-electron chi connectivity index (χ0n) is 11.5. The third kappa shape index (κ3) is 4.10. The van der Waals surface area contributed by atoms with E-state index >= 15 is 0 Å². The Kier molecular flexibility index (Phi) is 5.09. The number of aromatic hydroxyl groups is 1. The van der Waals surface area contributed by atoms with Crippen LogP contribution in [0.4, 0.5) is 5.69 Å². The minimum atomic E-state index is -4.53. The van der Waals surface area contributed by atoms with Gasteiger partial charge in [0.2, 0.25) is 5.91 Å². The number of carbonyl (C=O) groups is 1. The van der Waals surface area contributed by atoms with Crippen molar-refractivity contribution in [3.63, 3.8) is 0 Å². The number of carbonyl (C=O) groups excluding carboxylic acids is 1. The van der Waals surface area contributed by atoms with Gasteiger partial charge in [-0.3, -0.25) is 9.35 Å². The monoisotopic (exact) mass is 361 g/mol. The molecule has 2 rings (SSSR count). The van der Waals surface area contributed by atoms with Gasteiger partial charge in [-0.15, -0.1) is 4.33 Å². The van der Waals surface area contributed by atoms with E-state index in [1.165, 1.54) is 19.1 Å². The predicted molar refractivity (Wildman–Crippen MR) is 80.4 cm³/mol. The van der Waals surface area contributed by atoms with E-state index in [4.69, 9.17) is 5.26 Å². The van der Waals surface area contributed by atoms with Crippen molar-refractivity contribution in [2.24, 2.45) is 0 Å². The van der Waals surface area contributed by atoms with Crippen LogP contribution in [0.5, 0.6) is 5.75 Å². The second-order valence-electron chi connectivity index (χ2n) is 4.39. The first-order chi connectivity index (χ1) is 10.7. The van der Waals surface area contributed by atoms with Gasteiger partial charge in [0.25, 0.3) is 10.1 Å². The summed E-state index contributed by atoms with van der Waals surface area (Å²) in [5.41, 5.74) is 0.0102. The van der Waals surface area contributed by atoms with Gasteiger partial charge in [-0.05, 0) is 29.7 Å². The Balaban J connectivity index is 2.73. The first kappa shape index (κ1) is 17.5. The normalized spacial score (nSPS) is 11.6. The first-order valence-electron chi connectivity index (χ1n) is 5.93. The molecule has 9 nitrogen and oxygen atoms in total. The summed E-state index contributed by atoms with van der Waals surface area (Å²) in [6.45, 7) is 1.21. The van der Waals surface area contributed by atoms with Crippen molar-refractivity contribution in [1.29, 1.82) is 0 Å². The van der Waals surface area contributed by atoms with Gasteiger partial charge in [-0.25, -0.2) is 5.26 Å². The number of hydrogen-bond donors (Lipinski definition) is 4. The third-order valence-electron chi connectivity index (χ3n) is 2.74. The van der Waals surface area contributed by atoms with Gasteiger partial charge in [0.15, 0.2) is 0 Å². The maximum atomic E-state index is 11.4. The summed E-state index contributed by atoms with van der Waals surface area (Å²) >= 11 is 0.551. The molecule has 11 heteroatoms. The summed E-state index contributed by atoms with van der Waals surface area (Å²) in [5, 5.41) is 24.4. The summed E-state index contributed by atoms with van der Waals surface area (Å²) < 4.78 is 36.1. The molecule has 0 radical (unpaired) electrons. The molecule has 0 spiro atoms. The van der Waals surface area contributed by atoms with Crippen molar-refractivity contribution in [3.05, 3.63) is 24.3 Å². The SMILES string of the molecule is CC(=O)Nc1cc(S(=O)(=O)O)cc2cc(SOOO)cc(O)c12. The molecule has 1 amide bonds. The molecule has 2 aromatic rings. The number of rotatable bonds is 5. The Morgan fingerprint density at radius 1 is 1.26 bits per heavy atom. The highest BCUT2D eigenvalue weighted by Gasteiger charge is 2.17. The van der Waals surface area contributed by atoms with Gasteiger partial charge in [0.05, 0.1) is 22.6 Å². The van der Waals surface area contributed by atoms with Gasteiger partial charge in [0, 0.05) is 17.2 Å². The number of hydrogen-bond acceptors (Lipinski definition) is 8. The van der Waals surface area contributed by atoms with Gasteiger partial charge >= 0.3 is 0 Å². The maximum Gasteiger partial charge on any atom is 0.294 e. The van der Waals surface area contributed by atoms with Crippen LogP contribution in [0.25, 0.3) is 10.8 Å². The topological polar surface area (TPSA) is 142 Å². The molecule has 0 aliphatic carbocycles. The second-order valence-corrected chi connectivity index (χ2v) is 6.59. The molecular formula is C12H11NO8S2. The van der Waals surface area contributed by atoms with E-state index in [-0.39, 0.29) is 27.1 Å². The number of amides is 1. The molecule has 4 N–H and O–H groups in total. The molecule has 0 heterocycles. The lowest BCUT2D eigenvalue weighted by molar-refractivity contribution is -0.432. The molecule has 0 aliphatic rings. The van der Waals surface area contributed by atoms with Crippen LogP contribution in [-0.2, 0) is 24.3 Å². The molecule has 0 aliphatic heterocycles. The van der Waals surface area contributed by atoms with Gasteiger partial charge in [-0.2, -0.15) is 8.42 Å². The third-order valence-corrected chi connectivity index (χ3v) is 4.13. The number of phenols is 1. The smallest absolute Gasteiger partial charge is 0.294 e. The van der Waals surface area contributed by atoms with Crippen molar-refractivity contribution < 1.29 is 37.5 Å². The zero-order valence-corrected chi connectivity index (χ0v) is 13.1. The average Bonchev–Trinajstić information content (AvgIpc) is 2.42. The van der Waals surface area contributed by atoms with Gasteiger partial charge < -0.3 is 10.4 Å². The van der Waals surface area contributed by atoms with Gasteiger partial charge in [0.1, 0.15) is 5.75 Å². The van der Waals surface area contributed by atoms with E-state index in [2.05, 4.69) is 14.7 Å². The Morgan fingerprint density at radius 2 is 1.96 bits per heavy atom. The molecule has 0 saturated carbocycles. The molecule has 0 bridgehead atoms. The van der Waals surface area contributed by atoms with E-state index in [1.807, 2.05) is 0 Å². The van der Waals surface area contributed by atoms with Crippen molar-refractivity contribution in [3.8, 4) is 5.75 Å². The van der Waals surface area contributed by atoms with Crippen molar-refractivity contribution >= 4 is 44.5 Å². The molecule has 0 saturated heterocycles. The quantitative estimate of drug-likeness (QED) is 0.273. The van der Waals surface area contributed by atoms with E-state index in [9.17, 15) is 22.9 Å². The molecular weight excluding hydrogens is 350 g/mol. The molecule has 0 aromatic heterocycles. The highest BCUT2D eigenvalue weighted by Crippen LogP contribution is 2.38. The zero-order chi connectivity index (χ0) is 17.2. The van der Waals surface area contributed by atoms with E-state index in [0.717, 1.165) is 12.1 Å². The fourth-order valence-corrected chi connectivity index (χ4v) is 2.96. The standard InChI is InChI=1S/C12H11NO8S2/c1-6(14)13-10-5-9(23(17,18)19)3-7-2-8(22-21-20-16)4-11(15)12(7)10/h2-5,15-16H,1H3,(H,13,14)(H,17,18,19). The Labute approximate surface area is 134 Å². The lowest BCUT2D eigenvalue weighted by atomic mass is 10.1.